The first-order valence-corrected chi connectivity index (χ1v) is 7.74. The summed E-state index contributed by atoms with van der Waals surface area (Å²) in [5.41, 5.74) is 3.49. The summed E-state index contributed by atoms with van der Waals surface area (Å²) in [5, 5.41) is 2.65. The van der Waals surface area contributed by atoms with Gasteiger partial charge in [0.15, 0.2) is 0 Å². The Morgan fingerprint density at radius 3 is 2.81 bits per heavy atom. The Morgan fingerprint density at radius 1 is 1.24 bits per heavy atom. The van der Waals surface area contributed by atoms with E-state index in [-0.39, 0.29) is 17.0 Å². The molecule has 108 valence electrons. The molecule has 0 aliphatic carbocycles. The lowest BCUT2D eigenvalue weighted by Crippen LogP contribution is -2.24. The van der Waals surface area contributed by atoms with Gasteiger partial charge in [0.2, 0.25) is 5.91 Å². The van der Waals surface area contributed by atoms with Crippen LogP contribution in [0.3, 0.4) is 0 Å². The second-order valence-electron chi connectivity index (χ2n) is 5.38. The monoisotopic (exact) mass is 301 g/mol. The van der Waals surface area contributed by atoms with Crippen LogP contribution in [0.15, 0.2) is 41.3 Å². The fourth-order valence-electron chi connectivity index (χ4n) is 2.37. The summed E-state index contributed by atoms with van der Waals surface area (Å²) in [4.78, 5) is 13.5. The Balaban J connectivity index is 1.71. The van der Waals surface area contributed by atoms with Crippen LogP contribution in [-0.4, -0.2) is 11.2 Å². The van der Waals surface area contributed by atoms with Gasteiger partial charge >= 0.3 is 0 Å². The highest BCUT2D eigenvalue weighted by Crippen LogP contribution is 2.38. The molecule has 1 N–H and O–H groups in total. The molecule has 1 aliphatic heterocycles. The Bertz CT molecular complexity index is 714. The van der Waals surface area contributed by atoms with Crippen molar-refractivity contribution >= 4 is 23.4 Å². The van der Waals surface area contributed by atoms with Crippen molar-refractivity contribution in [1.29, 1.82) is 0 Å². The third-order valence-corrected chi connectivity index (χ3v) is 4.93. The number of benzene rings is 2. The van der Waals surface area contributed by atoms with Crippen molar-refractivity contribution in [3.05, 3.63) is 58.9 Å². The van der Waals surface area contributed by atoms with Gasteiger partial charge in [-0.1, -0.05) is 23.8 Å². The summed E-state index contributed by atoms with van der Waals surface area (Å²) in [5.74, 6) is -0.372. The van der Waals surface area contributed by atoms with E-state index in [0.29, 0.717) is 11.3 Å². The molecule has 0 spiro atoms. The molecule has 1 aliphatic rings. The van der Waals surface area contributed by atoms with E-state index in [1.165, 1.54) is 22.1 Å². The van der Waals surface area contributed by atoms with Crippen LogP contribution in [0.5, 0.6) is 0 Å². The highest BCUT2D eigenvalue weighted by Gasteiger charge is 2.28. The first kappa shape index (κ1) is 14.1. The molecule has 4 heteroatoms. The summed E-state index contributed by atoms with van der Waals surface area (Å²) >= 11 is 1.58. The second-order valence-corrected chi connectivity index (χ2v) is 6.62. The summed E-state index contributed by atoms with van der Waals surface area (Å²) < 4.78 is 13.5. The number of carbonyl (C=O) groups is 1. The minimum atomic E-state index is -0.300. The van der Waals surface area contributed by atoms with Gasteiger partial charge in [0.05, 0.1) is 5.25 Å². The van der Waals surface area contributed by atoms with Crippen LogP contribution in [0.1, 0.15) is 16.7 Å². The quantitative estimate of drug-likeness (QED) is 0.905. The van der Waals surface area contributed by atoms with Crippen LogP contribution in [0.25, 0.3) is 0 Å². The number of fused-ring (bicyclic) bond motifs is 1. The highest BCUT2D eigenvalue weighted by atomic mass is 32.2. The molecule has 1 amide bonds. The van der Waals surface area contributed by atoms with Gasteiger partial charge in [-0.25, -0.2) is 4.39 Å². The molecule has 1 atom stereocenters. The average molecular weight is 301 g/mol. The van der Waals surface area contributed by atoms with Crippen molar-refractivity contribution in [2.24, 2.45) is 0 Å². The maximum absolute atomic E-state index is 13.5. The van der Waals surface area contributed by atoms with Gasteiger partial charge in [-0.15, -0.1) is 11.8 Å². The molecule has 2 aromatic rings. The van der Waals surface area contributed by atoms with Gasteiger partial charge in [-0.2, -0.15) is 0 Å². The molecule has 2 aromatic carbocycles. The molecule has 0 saturated carbocycles. The predicted molar refractivity (Wildman–Crippen MR) is 84.3 cm³/mol. The van der Waals surface area contributed by atoms with Crippen molar-refractivity contribution < 1.29 is 9.18 Å². The number of carbonyl (C=O) groups excluding carboxylic acids is 1. The van der Waals surface area contributed by atoms with Crippen molar-refractivity contribution in [2.75, 3.05) is 5.32 Å². The van der Waals surface area contributed by atoms with Crippen molar-refractivity contribution in [2.45, 2.75) is 30.4 Å². The zero-order chi connectivity index (χ0) is 15.0. The minimum Gasteiger partial charge on any atom is -0.325 e. The van der Waals surface area contributed by atoms with Crippen LogP contribution in [0.4, 0.5) is 10.1 Å². The molecular weight excluding hydrogens is 285 g/mol. The smallest absolute Gasteiger partial charge is 0.238 e. The van der Waals surface area contributed by atoms with E-state index >= 15 is 0 Å². The number of hydrogen-bond acceptors (Lipinski definition) is 2. The Kier molecular flexibility index (Phi) is 3.72. The maximum Gasteiger partial charge on any atom is 0.238 e. The van der Waals surface area contributed by atoms with E-state index in [2.05, 4.69) is 23.5 Å². The third kappa shape index (κ3) is 2.95. The molecule has 21 heavy (non-hydrogen) atoms. The summed E-state index contributed by atoms with van der Waals surface area (Å²) in [6.45, 7) is 3.75. The topological polar surface area (TPSA) is 29.1 Å². The lowest BCUT2D eigenvalue weighted by Gasteiger charge is -2.10. The SMILES string of the molecule is Cc1ccc2c(c1)S[C@H](C(=O)Nc1ccc(C)c(F)c1)C2. The molecule has 3 rings (SSSR count). The number of nitrogens with one attached hydrogen (secondary N) is 1. The van der Waals surface area contributed by atoms with Gasteiger partial charge in [0.25, 0.3) is 0 Å². The first-order valence-electron chi connectivity index (χ1n) is 6.86. The van der Waals surface area contributed by atoms with Crippen molar-refractivity contribution in [3.8, 4) is 0 Å². The molecule has 2 nitrogen and oxygen atoms in total. The lowest BCUT2D eigenvalue weighted by atomic mass is 10.1. The summed E-state index contributed by atoms with van der Waals surface area (Å²) in [7, 11) is 0. The van der Waals surface area contributed by atoms with E-state index in [9.17, 15) is 9.18 Å². The van der Waals surface area contributed by atoms with Gasteiger partial charge in [0, 0.05) is 10.6 Å². The normalized spacial score (nSPS) is 16.6. The van der Waals surface area contributed by atoms with Crippen LogP contribution in [0, 0.1) is 19.7 Å². The number of anilines is 1. The minimum absolute atomic E-state index is 0.0721. The standard InChI is InChI=1S/C17H16FNOS/c1-10-3-5-12-8-16(21-15(12)7-10)17(20)19-13-6-4-11(2)14(18)9-13/h3-7,9,16H,8H2,1-2H3,(H,19,20)/t16-/m0/s1. The molecular formula is C17H16FNOS. The average Bonchev–Trinajstić information content (AvgIpc) is 2.86. The third-order valence-electron chi connectivity index (χ3n) is 3.63. The fraction of sp³-hybridized carbons (Fsp3) is 0.235. The van der Waals surface area contributed by atoms with Crippen molar-refractivity contribution in [1.82, 2.24) is 0 Å². The number of rotatable bonds is 2. The molecule has 0 aromatic heterocycles. The van der Waals surface area contributed by atoms with E-state index in [1.807, 2.05) is 6.92 Å². The van der Waals surface area contributed by atoms with E-state index in [0.717, 1.165) is 6.42 Å². The number of halogens is 1. The highest BCUT2D eigenvalue weighted by molar-refractivity contribution is 8.01. The van der Waals surface area contributed by atoms with Crippen LogP contribution in [-0.2, 0) is 11.2 Å². The molecule has 0 radical (unpaired) electrons. The maximum atomic E-state index is 13.5. The zero-order valence-corrected chi connectivity index (χ0v) is 12.8. The van der Waals surface area contributed by atoms with Crippen LogP contribution < -0.4 is 5.32 Å². The van der Waals surface area contributed by atoms with E-state index < -0.39 is 0 Å². The van der Waals surface area contributed by atoms with Crippen LogP contribution >= 0.6 is 11.8 Å². The molecule has 0 fully saturated rings. The Hall–Kier alpha value is -1.81. The second kappa shape index (κ2) is 5.53. The Morgan fingerprint density at radius 2 is 2.05 bits per heavy atom. The first-order chi connectivity index (χ1) is 10.0. The Labute approximate surface area is 127 Å². The van der Waals surface area contributed by atoms with E-state index in [1.54, 1.807) is 30.8 Å². The summed E-state index contributed by atoms with van der Waals surface area (Å²) in [6, 6.07) is 11.0. The van der Waals surface area contributed by atoms with Gasteiger partial charge in [-0.3, -0.25) is 4.79 Å². The zero-order valence-electron chi connectivity index (χ0n) is 11.9. The summed E-state index contributed by atoms with van der Waals surface area (Å²) in [6.07, 6.45) is 0.723. The molecule has 1 heterocycles. The number of thioether (sulfide) groups is 1. The largest absolute Gasteiger partial charge is 0.325 e. The molecule has 0 bridgehead atoms. The van der Waals surface area contributed by atoms with Crippen molar-refractivity contribution in [3.63, 3.8) is 0 Å². The molecule has 0 unspecified atom stereocenters. The molecule has 0 saturated heterocycles. The van der Waals surface area contributed by atoms with Crippen LogP contribution in [0.2, 0.25) is 0 Å². The predicted octanol–water partition coefficient (Wildman–Crippen LogP) is 4.10. The lowest BCUT2D eigenvalue weighted by molar-refractivity contribution is -0.115. The number of aryl methyl sites for hydroxylation is 2. The van der Waals surface area contributed by atoms with Gasteiger partial charge < -0.3 is 5.32 Å². The van der Waals surface area contributed by atoms with Gasteiger partial charge in [-0.05, 0) is 49.6 Å². The van der Waals surface area contributed by atoms with Gasteiger partial charge in [0.1, 0.15) is 5.82 Å². The number of hydrogen-bond donors (Lipinski definition) is 1. The fourth-order valence-corrected chi connectivity index (χ4v) is 3.67. The van der Waals surface area contributed by atoms with E-state index in [4.69, 9.17) is 0 Å². The number of amides is 1.